The molecule has 2 aliphatic carbocycles. The minimum absolute atomic E-state index is 0.0793. The van der Waals surface area contributed by atoms with Gasteiger partial charge in [0.2, 0.25) is 5.91 Å². The van der Waals surface area contributed by atoms with Crippen LogP contribution in [0, 0.1) is 19.8 Å². The summed E-state index contributed by atoms with van der Waals surface area (Å²) in [5.74, 6) is -0.264. The van der Waals surface area contributed by atoms with Gasteiger partial charge in [-0.3, -0.25) is 9.59 Å². The predicted octanol–water partition coefficient (Wildman–Crippen LogP) is 3.96. The second-order valence-corrected chi connectivity index (χ2v) is 8.52. The average Bonchev–Trinajstić information content (AvgIpc) is 2.88. The molecule has 3 rings (SSSR count). The molecule has 2 aliphatic rings. The van der Waals surface area contributed by atoms with Crippen LogP contribution >= 0.6 is 0 Å². The lowest BCUT2D eigenvalue weighted by Gasteiger charge is -2.38. The summed E-state index contributed by atoms with van der Waals surface area (Å²) < 4.78 is 6.91. The van der Waals surface area contributed by atoms with Crippen LogP contribution in [-0.4, -0.2) is 46.3 Å². The molecule has 6 nitrogen and oxygen atoms in total. The Morgan fingerprint density at radius 1 is 1.03 bits per heavy atom. The van der Waals surface area contributed by atoms with Gasteiger partial charge < -0.3 is 14.2 Å². The van der Waals surface area contributed by atoms with E-state index in [4.69, 9.17) is 4.74 Å². The van der Waals surface area contributed by atoms with Crippen LogP contribution in [0.4, 0.5) is 0 Å². The molecule has 1 aromatic rings. The molecule has 0 bridgehead atoms. The molecule has 6 heteroatoms. The SMILES string of the molecule is CCOC(=O)c1c(C)c(C(=O)CN(C(=O)C2CCC2)C2CCCCC2)c(C)n1C. The van der Waals surface area contributed by atoms with E-state index in [0.717, 1.165) is 50.6 Å². The third-order valence-corrected chi connectivity index (χ3v) is 6.75. The molecule has 29 heavy (non-hydrogen) atoms. The van der Waals surface area contributed by atoms with Crippen molar-refractivity contribution >= 4 is 17.7 Å². The number of nitrogens with zero attached hydrogens (tertiary/aromatic N) is 2. The number of amides is 1. The lowest BCUT2D eigenvalue weighted by atomic mass is 9.83. The molecule has 0 N–H and O–H groups in total. The number of carbonyl (C=O) groups excluding carboxylic acids is 3. The highest BCUT2D eigenvalue weighted by molar-refractivity contribution is 6.04. The molecule has 0 aliphatic heterocycles. The highest BCUT2D eigenvalue weighted by Crippen LogP contribution is 2.32. The Morgan fingerprint density at radius 2 is 1.69 bits per heavy atom. The number of Topliss-reactive ketones (excluding diaryl/α,β-unsaturated/α-hetero) is 1. The van der Waals surface area contributed by atoms with E-state index in [2.05, 4.69) is 0 Å². The van der Waals surface area contributed by atoms with Gasteiger partial charge >= 0.3 is 5.97 Å². The number of hydrogen-bond donors (Lipinski definition) is 0. The highest BCUT2D eigenvalue weighted by atomic mass is 16.5. The van der Waals surface area contributed by atoms with E-state index in [1.807, 2.05) is 11.8 Å². The number of rotatable bonds is 7. The normalized spacial score (nSPS) is 17.7. The van der Waals surface area contributed by atoms with E-state index >= 15 is 0 Å². The highest BCUT2D eigenvalue weighted by Gasteiger charge is 2.36. The van der Waals surface area contributed by atoms with Crippen molar-refractivity contribution in [3.8, 4) is 0 Å². The summed E-state index contributed by atoms with van der Waals surface area (Å²) in [6, 6.07) is 0.162. The van der Waals surface area contributed by atoms with Gasteiger partial charge in [-0.25, -0.2) is 4.79 Å². The molecule has 0 unspecified atom stereocenters. The fourth-order valence-electron chi connectivity index (χ4n) is 4.78. The molecule has 0 aromatic carbocycles. The van der Waals surface area contributed by atoms with Gasteiger partial charge in [0.05, 0.1) is 13.2 Å². The Kier molecular flexibility index (Phi) is 6.81. The van der Waals surface area contributed by atoms with E-state index < -0.39 is 5.97 Å². The van der Waals surface area contributed by atoms with Gasteiger partial charge in [-0.05, 0) is 52.0 Å². The first-order chi connectivity index (χ1) is 13.9. The molecule has 1 heterocycles. The summed E-state index contributed by atoms with van der Waals surface area (Å²) in [5, 5.41) is 0. The van der Waals surface area contributed by atoms with E-state index in [-0.39, 0.29) is 36.8 Å². The second kappa shape index (κ2) is 9.14. The maximum atomic E-state index is 13.4. The van der Waals surface area contributed by atoms with Crippen molar-refractivity contribution in [3.05, 3.63) is 22.5 Å². The van der Waals surface area contributed by atoms with Crippen molar-refractivity contribution < 1.29 is 19.1 Å². The summed E-state index contributed by atoms with van der Waals surface area (Å²) in [6.45, 7) is 5.81. The second-order valence-electron chi connectivity index (χ2n) is 8.52. The zero-order chi connectivity index (χ0) is 21.1. The largest absolute Gasteiger partial charge is 0.461 e. The van der Waals surface area contributed by atoms with E-state index in [0.29, 0.717) is 16.8 Å². The molecule has 2 fully saturated rings. The number of carbonyl (C=O) groups is 3. The maximum Gasteiger partial charge on any atom is 0.355 e. The quantitative estimate of drug-likeness (QED) is 0.511. The van der Waals surface area contributed by atoms with Gasteiger partial charge in [-0.15, -0.1) is 0 Å². The van der Waals surface area contributed by atoms with Crippen molar-refractivity contribution in [2.45, 2.75) is 78.2 Å². The Labute approximate surface area is 173 Å². The number of ketones is 1. The Bertz CT molecular complexity index is 785. The zero-order valence-corrected chi connectivity index (χ0v) is 18.3. The van der Waals surface area contributed by atoms with E-state index in [9.17, 15) is 14.4 Å². The zero-order valence-electron chi connectivity index (χ0n) is 18.3. The molecule has 160 valence electrons. The predicted molar refractivity (Wildman–Crippen MR) is 111 cm³/mol. The summed E-state index contributed by atoms with van der Waals surface area (Å²) in [5.41, 5.74) is 2.36. The molecule has 2 saturated carbocycles. The fraction of sp³-hybridized carbons (Fsp3) is 0.696. The summed E-state index contributed by atoms with van der Waals surface area (Å²) >= 11 is 0. The average molecular weight is 403 g/mol. The van der Waals surface area contributed by atoms with Crippen LogP contribution in [0.1, 0.15) is 90.4 Å². The number of ether oxygens (including phenoxy) is 1. The van der Waals surface area contributed by atoms with Gasteiger partial charge in [0.15, 0.2) is 5.78 Å². The van der Waals surface area contributed by atoms with Gasteiger partial charge in [0.1, 0.15) is 5.69 Å². The topological polar surface area (TPSA) is 68.6 Å². The molecule has 1 amide bonds. The number of esters is 1. The Hall–Kier alpha value is -2.11. The smallest absolute Gasteiger partial charge is 0.355 e. The third-order valence-electron chi connectivity index (χ3n) is 6.75. The minimum Gasteiger partial charge on any atom is -0.461 e. The standard InChI is InChI=1S/C23H34N2O4/c1-5-29-23(28)21-15(2)20(16(3)24(21)4)19(26)14-25(18-12-7-6-8-13-18)22(27)17-10-9-11-17/h17-18H,5-14H2,1-4H3. The van der Waals surface area contributed by atoms with Gasteiger partial charge in [-0.1, -0.05) is 25.7 Å². The molecule has 0 saturated heterocycles. The molecule has 0 atom stereocenters. The van der Waals surface area contributed by atoms with Crippen LogP contribution in [0.5, 0.6) is 0 Å². The summed E-state index contributed by atoms with van der Waals surface area (Å²) in [7, 11) is 1.78. The maximum absolute atomic E-state index is 13.4. The van der Waals surface area contributed by atoms with E-state index in [1.54, 1.807) is 25.5 Å². The van der Waals surface area contributed by atoms with Crippen LogP contribution < -0.4 is 0 Å². The van der Waals surface area contributed by atoms with Crippen molar-refractivity contribution in [1.29, 1.82) is 0 Å². The first kappa shape index (κ1) is 21.6. The fourth-order valence-corrected chi connectivity index (χ4v) is 4.78. The molecule has 0 radical (unpaired) electrons. The Morgan fingerprint density at radius 3 is 2.24 bits per heavy atom. The summed E-state index contributed by atoms with van der Waals surface area (Å²) in [6.07, 6.45) is 8.37. The number of aromatic nitrogens is 1. The van der Waals surface area contributed by atoms with Crippen LogP contribution in [0.25, 0.3) is 0 Å². The van der Waals surface area contributed by atoms with Gasteiger partial charge in [0.25, 0.3) is 0 Å². The molecule has 0 spiro atoms. The lowest BCUT2D eigenvalue weighted by Crippen LogP contribution is -2.48. The van der Waals surface area contributed by atoms with Gasteiger partial charge in [0, 0.05) is 30.3 Å². The lowest BCUT2D eigenvalue weighted by molar-refractivity contribution is -0.140. The third kappa shape index (κ3) is 4.26. The molecular formula is C23H34N2O4. The Balaban J connectivity index is 1.86. The van der Waals surface area contributed by atoms with Crippen molar-refractivity contribution in [3.63, 3.8) is 0 Å². The number of hydrogen-bond acceptors (Lipinski definition) is 4. The summed E-state index contributed by atoms with van der Waals surface area (Å²) in [4.78, 5) is 40.7. The van der Waals surface area contributed by atoms with Crippen molar-refractivity contribution in [2.75, 3.05) is 13.2 Å². The van der Waals surface area contributed by atoms with Crippen molar-refractivity contribution in [1.82, 2.24) is 9.47 Å². The minimum atomic E-state index is -0.413. The molecule has 1 aromatic heterocycles. The van der Waals surface area contributed by atoms with Crippen LogP contribution in [0.15, 0.2) is 0 Å². The molecular weight excluding hydrogens is 368 g/mol. The van der Waals surface area contributed by atoms with Crippen LogP contribution in [-0.2, 0) is 16.6 Å². The van der Waals surface area contributed by atoms with E-state index in [1.165, 1.54) is 6.42 Å². The first-order valence-electron chi connectivity index (χ1n) is 11.0. The first-order valence-corrected chi connectivity index (χ1v) is 11.0. The monoisotopic (exact) mass is 402 g/mol. The van der Waals surface area contributed by atoms with Crippen molar-refractivity contribution in [2.24, 2.45) is 13.0 Å². The van der Waals surface area contributed by atoms with Crippen LogP contribution in [0.3, 0.4) is 0 Å². The van der Waals surface area contributed by atoms with Crippen LogP contribution in [0.2, 0.25) is 0 Å². The van der Waals surface area contributed by atoms with Gasteiger partial charge in [-0.2, -0.15) is 0 Å².